The first-order chi connectivity index (χ1) is 17.6. The fourth-order valence-electron chi connectivity index (χ4n) is 4.71. The Labute approximate surface area is 218 Å². The minimum atomic E-state index is -1.14. The second-order valence-electron chi connectivity index (χ2n) is 10.5. The van der Waals surface area contributed by atoms with Crippen molar-refractivity contribution < 1.29 is 23.8 Å². The minimum absolute atomic E-state index is 0.181. The first kappa shape index (κ1) is 26.3. The van der Waals surface area contributed by atoms with Crippen molar-refractivity contribution in [1.82, 2.24) is 5.32 Å². The number of hydrogen-bond acceptors (Lipinski definition) is 5. The Morgan fingerprint density at radius 2 is 1.24 bits per heavy atom. The number of ether oxygens (including phenoxy) is 3. The summed E-state index contributed by atoms with van der Waals surface area (Å²) in [6, 6.07) is 20.2. The third kappa shape index (κ3) is 5.33. The van der Waals surface area contributed by atoms with Crippen LogP contribution in [0.25, 0.3) is 22.3 Å². The van der Waals surface area contributed by atoms with E-state index in [0.29, 0.717) is 12.8 Å². The summed E-state index contributed by atoms with van der Waals surface area (Å²) in [5.41, 5.74) is 4.39. The van der Waals surface area contributed by atoms with Crippen molar-refractivity contribution >= 4 is 11.9 Å². The first-order valence-electron chi connectivity index (χ1n) is 12.5. The van der Waals surface area contributed by atoms with Crippen molar-refractivity contribution in [2.45, 2.75) is 46.1 Å². The molecule has 6 nitrogen and oxygen atoms in total. The second kappa shape index (κ2) is 10.3. The Morgan fingerprint density at radius 3 is 1.59 bits per heavy atom. The SMILES string of the molecule is CCOC(=O)C1(NC(=O)C(C)(C)C)Cc2cc(-c3ccc(OC)cc3)c(-c3ccc(OC)cc3)cc2C1. The molecule has 0 unspecified atom stereocenters. The van der Waals surface area contributed by atoms with E-state index in [-0.39, 0.29) is 12.5 Å². The number of fused-ring (bicyclic) bond motifs is 1. The molecule has 4 rings (SSSR count). The van der Waals surface area contributed by atoms with E-state index in [2.05, 4.69) is 17.4 Å². The van der Waals surface area contributed by atoms with Crippen LogP contribution >= 0.6 is 0 Å². The minimum Gasteiger partial charge on any atom is -0.497 e. The molecule has 0 saturated carbocycles. The Balaban J connectivity index is 1.84. The predicted octanol–water partition coefficient (Wildman–Crippen LogP) is 5.60. The molecule has 1 amide bonds. The highest BCUT2D eigenvalue weighted by Gasteiger charge is 2.48. The molecule has 1 N–H and O–H groups in total. The Hall–Kier alpha value is -3.80. The number of esters is 1. The van der Waals surface area contributed by atoms with Crippen molar-refractivity contribution in [3.63, 3.8) is 0 Å². The summed E-state index contributed by atoms with van der Waals surface area (Å²) in [6.45, 7) is 7.55. The molecule has 0 spiro atoms. The fourth-order valence-corrected chi connectivity index (χ4v) is 4.71. The predicted molar refractivity (Wildman–Crippen MR) is 145 cm³/mol. The van der Waals surface area contributed by atoms with Crippen LogP contribution in [0, 0.1) is 5.41 Å². The standard InChI is InChI=1S/C31H35NO5/c1-7-37-29(34)31(32-28(33)30(2,3)4)18-22-16-26(20-8-12-24(35-5)13-9-20)27(17-23(22)19-31)21-10-14-25(36-6)15-11-21/h8-17H,7,18-19H2,1-6H3,(H,32,33). The van der Waals surface area contributed by atoms with Crippen LogP contribution in [-0.4, -0.2) is 38.2 Å². The average molecular weight is 502 g/mol. The van der Waals surface area contributed by atoms with E-state index >= 15 is 0 Å². The van der Waals surface area contributed by atoms with E-state index in [1.54, 1.807) is 21.1 Å². The Bertz CT molecular complexity index is 1210. The van der Waals surface area contributed by atoms with Gasteiger partial charge in [-0.15, -0.1) is 0 Å². The van der Waals surface area contributed by atoms with Crippen molar-refractivity contribution in [1.29, 1.82) is 0 Å². The molecule has 1 aliphatic carbocycles. The number of amides is 1. The zero-order valence-corrected chi connectivity index (χ0v) is 22.4. The lowest BCUT2D eigenvalue weighted by atomic mass is 9.90. The number of hydrogen-bond donors (Lipinski definition) is 1. The van der Waals surface area contributed by atoms with Gasteiger partial charge in [-0.1, -0.05) is 57.2 Å². The van der Waals surface area contributed by atoms with Crippen LogP contribution < -0.4 is 14.8 Å². The summed E-state index contributed by atoms with van der Waals surface area (Å²) in [5, 5.41) is 3.07. The van der Waals surface area contributed by atoms with Crippen LogP contribution in [-0.2, 0) is 27.2 Å². The lowest BCUT2D eigenvalue weighted by Crippen LogP contribution is -2.58. The lowest BCUT2D eigenvalue weighted by Gasteiger charge is -2.31. The zero-order valence-electron chi connectivity index (χ0n) is 22.4. The van der Waals surface area contributed by atoms with Gasteiger partial charge in [0.25, 0.3) is 0 Å². The highest BCUT2D eigenvalue weighted by Crippen LogP contribution is 2.41. The largest absolute Gasteiger partial charge is 0.497 e. The molecule has 0 saturated heterocycles. The van der Waals surface area contributed by atoms with E-state index in [1.165, 1.54) is 0 Å². The molecule has 0 aromatic heterocycles. The van der Waals surface area contributed by atoms with Gasteiger partial charge in [-0.25, -0.2) is 4.79 Å². The third-order valence-electron chi connectivity index (χ3n) is 6.83. The molecule has 0 aliphatic heterocycles. The quantitative estimate of drug-likeness (QED) is 0.427. The van der Waals surface area contributed by atoms with E-state index < -0.39 is 16.9 Å². The van der Waals surface area contributed by atoms with Gasteiger partial charge < -0.3 is 19.5 Å². The third-order valence-corrected chi connectivity index (χ3v) is 6.83. The topological polar surface area (TPSA) is 73.9 Å². The number of benzene rings is 3. The lowest BCUT2D eigenvalue weighted by molar-refractivity contribution is -0.154. The van der Waals surface area contributed by atoms with Gasteiger partial charge in [-0.2, -0.15) is 0 Å². The summed E-state index contributed by atoms with van der Waals surface area (Å²) in [7, 11) is 3.29. The highest BCUT2D eigenvalue weighted by atomic mass is 16.5. The molecule has 194 valence electrons. The summed E-state index contributed by atoms with van der Waals surface area (Å²) in [5.74, 6) is 0.976. The summed E-state index contributed by atoms with van der Waals surface area (Å²) in [6.07, 6.45) is 0.740. The van der Waals surface area contributed by atoms with Crippen LogP contribution in [0.1, 0.15) is 38.8 Å². The van der Waals surface area contributed by atoms with E-state index in [1.807, 2.05) is 69.3 Å². The van der Waals surface area contributed by atoms with Crippen molar-refractivity contribution in [2.24, 2.45) is 5.41 Å². The second-order valence-corrected chi connectivity index (χ2v) is 10.5. The van der Waals surface area contributed by atoms with Crippen molar-refractivity contribution in [2.75, 3.05) is 20.8 Å². The van der Waals surface area contributed by atoms with E-state index in [4.69, 9.17) is 14.2 Å². The summed E-state index contributed by atoms with van der Waals surface area (Å²) in [4.78, 5) is 26.3. The van der Waals surface area contributed by atoms with Crippen LogP contribution in [0.5, 0.6) is 11.5 Å². The van der Waals surface area contributed by atoms with Gasteiger partial charge in [0.05, 0.1) is 20.8 Å². The number of carbonyl (C=O) groups excluding carboxylic acids is 2. The van der Waals surface area contributed by atoms with Gasteiger partial charge in [-0.05, 0) is 64.6 Å². The molecule has 6 heteroatoms. The van der Waals surface area contributed by atoms with E-state index in [9.17, 15) is 9.59 Å². The molecule has 0 bridgehead atoms. The number of nitrogens with one attached hydrogen (secondary N) is 1. The number of methoxy groups -OCH3 is 2. The molecular weight excluding hydrogens is 466 g/mol. The molecule has 0 fully saturated rings. The molecular formula is C31H35NO5. The number of rotatable bonds is 7. The van der Waals surface area contributed by atoms with Crippen LogP contribution in [0.15, 0.2) is 60.7 Å². The molecule has 0 radical (unpaired) electrons. The average Bonchev–Trinajstić information content (AvgIpc) is 3.26. The molecule has 37 heavy (non-hydrogen) atoms. The van der Waals surface area contributed by atoms with Gasteiger partial charge >= 0.3 is 5.97 Å². The van der Waals surface area contributed by atoms with Gasteiger partial charge in [0.2, 0.25) is 5.91 Å². The highest BCUT2D eigenvalue weighted by molar-refractivity contribution is 5.93. The van der Waals surface area contributed by atoms with Gasteiger partial charge in [-0.3, -0.25) is 4.79 Å². The van der Waals surface area contributed by atoms with Crippen LogP contribution in [0.3, 0.4) is 0 Å². The number of carbonyl (C=O) groups is 2. The van der Waals surface area contributed by atoms with E-state index in [0.717, 1.165) is 44.9 Å². The molecule has 1 aliphatic rings. The van der Waals surface area contributed by atoms with Gasteiger partial charge in [0.15, 0.2) is 0 Å². The molecule has 3 aromatic carbocycles. The Kier molecular flexibility index (Phi) is 7.30. The van der Waals surface area contributed by atoms with Crippen molar-refractivity contribution in [3.8, 4) is 33.8 Å². The van der Waals surface area contributed by atoms with Crippen LogP contribution in [0.2, 0.25) is 0 Å². The summed E-state index contributed by atoms with van der Waals surface area (Å²) < 4.78 is 16.2. The first-order valence-corrected chi connectivity index (χ1v) is 12.5. The fraction of sp³-hybridized carbons (Fsp3) is 0.355. The van der Waals surface area contributed by atoms with Gasteiger partial charge in [0, 0.05) is 18.3 Å². The molecule has 0 atom stereocenters. The zero-order chi connectivity index (χ0) is 26.8. The van der Waals surface area contributed by atoms with Crippen molar-refractivity contribution in [3.05, 3.63) is 71.8 Å². The van der Waals surface area contributed by atoms with Gasteiger partial charge in [0.1, 0.15) is 17.0 Å². The van der Waals surface area contributed by atoms with Crippen LogP contribution in [0.4, 0.5) is 0 Å². The summed E-state index contributed by atoms with van der Waals surface area (Å²) >= 11 is 0. The molecule has 0 heterocycles. The maximum absolute atomic E-state index is 13.3. The monoisotopic (exact) mass is 501 g/mol. The maximum atomic E-state index is 13.3. The Morgan fingerprint density at radius 1 is 0.811 bits per heavy atom. The smallest absolute Gasteiger partial charge is 0.332 e. The molecule has 3 aromatic rings. The maximum Gasteiger partial charge on any atom is 0.332 e. The normalized spacial score (nSPS) is 14.0.